The number of benzene rings is 1. The number of aliphatic carboxylic acids is 1. The van der Waals surface area contributed by atoms with E-state index in [2.05, 4.69) is 66.7 Å². The Hall–Kier alpha value is -1.61. The van der Waals surface area contributed by atoms with Gasteiger partial charge in [-0.05, 0) is 73.3 Å². The first-order valence-corrected chi connectivity index (χ1v) is 10.8. The number of carboxylic acid groups (broad SMARTS) is 1. The summed E-state index contributed by atoms with van der Waals surface area (Å²) in [4.78, 5) is 14.5. The van der Waals surface area contributed by atoms with Crippen molar-refractivity contribution in [2.75, 3.05) is 0 Å². The van der Waals surface area contributed by atoms with Crippen LogP contribution in [0.4, 0.5) is 0 Å². The molecule has 0 saturated carbocycles. The van der Waals surface area contributed by atoms with Gasteiger partial charge in [0.25, 0.3) is 0 Å². The minimum atomic E-state index is -0.717. The van der Waals surface area contributed by atoms with E-state index in [0.29, 0.717) is 6.42 Å². The van der Waals surface area contributed by atoms with Crippen LogP contribution in [0.2, 0.25) is 0 Å². The molecule has 0 fully saturated rings. The maximum atomic E-state index is 12.2. The zero-order valence-electron chi connectivity index (χ0n) is 17.9. The van der Waals surface area contributed by atoms with Crippen molar-refractivity contribution in [3.63, 3.8) is 0 Å². The molecule has 1 heterocycles. The average molecular weight is 387 g/mol. The van der Waals surface area contributed by atoms with Gasteiger partial charge < -0.3 is 5.11 Å². The molecule has 0 aliphatic carbocycles. The second kappa shape index (κ2) is 8.60. The van der Waals surface area contributed by atoms with Crippen LogP contribution in [0.5, 0.6) is 0 Å². The third kappa shape index (κ3) is 5.22. The third-order valence-electron chi connectivity index (χ3n) is 5.21. The highest BCUT2D eigenvalue weighted by Crippen LogP contribution is 2.44. The van der Waals surface area contributed by atoms with Gasteiger partial charge in [-0.2, -0.15) is 0 Å². The third-order valence-corrected chi connectivity index (χ3v) is 6.24. The van der Waals surface area contributed by atoms with Gasteiger partial charge in [0.15, 0.2) is 0 Å². The molecule has 2 rings (SSSR count). The van der Waals surface area contributed by atoms with Gasteiger partial charge in [0.1, 0.15) is 0 Å². The van der Waals surface area contributed by atoms with Gasteiger partial charge >= 0.3 is 5.97 Å². The monoisotopic (exact) mass is 386 g/mol. The lowest BCUT2D eigenvalue weighted by Crippen LogP contribution is -2.20. The van der Waals surface area contributed by atoms with E-state index in [4.69, 9.17) is 0 Å². The molecule has 1 aromatic carbocycles. The Bertz CT molecular complexity index is 809. The Morgan fingerprint density at radius 1 is 1.15 bits per heavy atom. The summed E-state index contributed by atoms with van der Waals surface area (Å²) in [5.74, 6) is -1.18. The zero-order chi connectivity index (χ0) is 20.4. The minimum Gasteiger partial charge on any atom is -0.481 e. The van der Waals surface area contributed by atoms with Gasteiger partial charge in [-0.15, -0.1) is 11.3 Å². The summed E-state index contributed by atoms with van der Waals surface area (Å²) in [7, 11) is 0. The highest BCUT2D eigenvalue weighted by molar-refractivity contribution is 7.12. The molecule has 0 amide bonds. The molecule has 2 nitrogen and oxygen atoms in total. The van der Waals surface area contributed by atoms with Crippen LogP contribution in [0.3, 0.4) is 0 Å². The Kier molecular flexibility index (Phi) is 6.91. The first kappa shape index (κ1) is 21.7. The number of unbranched alkanes of at least 4 members (excludes halogenated alkanes) is 1. The summed E-state index contributed by atoms with van der Waals surface area (Å²) in [6.07, 6.45) is 4.08. The molecule has 0 saturated heterocycles. The molecule has 1 unspecified atom stereocenters. The summed E-state index contributed by atoms with van der Waals surface area (Å²) >= 11 is 1.73. The maximum absolute atomic E-state index is 12.2. The predicted molar refractivity (Wildman–Crippen MR) is 117 cm³/mol. The van der Waals surface area contributed by atoms with Crippen LogP contribution in [0.15, 0.2) is 18.2 Å². The smallest absolute Gasteiger partial charge is 0.311 e. The lowest BCUT2D eigenvalue weighted by Gasteiger charge is -2.25. The first-order valence-electron chi connectivity index (χ1n) is 9.97. The second-order valence-corrected chi connectivity index (χ2v) is 10.3. The Morgan fingerprint density at radius 3 is 2.37 bits per heavy atom. The molecule has 27 heavy (non-hydrogen) atoms. The standard InChI is InChI=1S/C24H34O2S/c1-8-9-10-18-13-19(12-11-15(18)2)21-16(3)27-17(4)22(21)20(23(25)26)14-24(5,6)7/h11-13,20H,8-10,14H2,1-7H3,(H,25,26). The van der Waals surface area contributed by atoms with Crippen LogP contribution in [-0.2, 0) is 11.2 Å². The lowest BCUT2D eigenvalue weighted by molar-refractivity contribution is -0.139. The van der Waals surface area contributed by atoms with Crippen LogP contribution in [-0.4, -0.2) is 11.1 Å². The SMILES string of the molecule is CCCCc1cc(-c2c(C)sc(C)c2C(CC(C)(C)C)C(=O)O)ccc1C. The molecular formula is C24H34O2S. The summed E-state index contributed by atoms with van der Waals surface area (Å²) < 4.78 is 0. The molecule has 148 valence electrons. The molecule has 0 spiro atoms. The number of hydrogen-bond donors (Lipinski definition) is 1. The van der Waals surface area contributed by atoms with E-state index in [0.717, 1.165) is 22.4 Å². The minimum absolute atomic E-state index is 0.0395. The van der Waals surface area contributed by atoms with E-state index in [1.807, 2.05) is 0 Å². The summed E-state index contributed by atoms with van der Waals surface area (Å²) in [5, 5.41) is 10.0. The lowest BCUT2D eigenvalue weighted by atomic mass is 9.79. The quantitative estimate of drug-likeness (QED) is 0.542. The first-order chi connectivity index (χ1) is 12.5. The number of hydrogen-bond acceptors (Lipinski definition) is 2. The number of carboxylic acids is 1. The number of thiophene rings is 1. The largest absolute Gasteiger partial charge is 0.481 e. The Morgan fingerprint density at radius 2 is 1.81 bits per heavy atom. The number of rotatable bonds is 7. The normalized spacial score (nSPS) is 13.0. The second-order valence-electron chi connectivity index (χ2n) is 8.90. The molecule has 2 aromatic rings. The van der Waals surface area contributed by atoms with Crippen molar-refractivity contribution in [1.82, 2.24) is 0 Å². The van der Waals surface area contributed by atoms with Gasteiger partial charge in [0.2, 0.25) is 0 Å². The fourth-order valence-corrected chi connectivity index (χ4v) is 5.01. The van der Waals surface area contributed by atoms with Gasteiger partial charge in [-0.1, -0.05) is 52.3 Å². The molecule has 3 heteroatoms. The van der Waals surface area contributed by atoms with Crippen LogP contribution in [0.1, 0.15) is 79.3 Å². The Labute approximate surface area is 168 Å². The molecular weight excluding hydrogens is 352 g/mol. The number of aryl methyl sites for hydroxylation is 4. The zero-order valence-corrected chi connectivity index (χ0v) is 18.7. The van der Waals surface area contributed by atoms with Crippen LogP contribution >= 0.6 is 11.3 Å². The number of carbonyl (C=O) groups is 1. The average Bonchev–Trinajstić information content (AvgIpc) is 2.85. The highest BCUT2D eigenvalue weighted by Gasteiger charge is 2.31. The van der Waals surface area contributed by atoms with Gasteiger partial charge in [0, 0.05) is 9.75 Å². The van der Waals surface area contributed by atoms with Gasteiger partial charge in [-0.25, -0.2) is 0 Å². The molecule has 1 atom stereocenters. The van der Waals surface area contributed by atoms with Crippen LogP contribution < -0.4 is 0 Å². The molecule has 0 aliphatic heterocycles. The molecule has 1 aromatic heterocycles. The van der Waals surface area contributed by atoms with Crippen molar-refractivity contribution in [1.29, 1.82) is 0 Å². The van der Waals surface area contributed by atoms with Crippen molar-refractivity contribution < 1.29 is 9.90 Å². The summed E-state index contributed by atoms with van der Waals surface area (Å²) in [5.41, 5.74) is 6.00. The predicted octanol–water partition coefficient (Wildman–Crippen LogP) is 7.29. The fraction of sp³-hybridized carbons (Fsp3) is 0.542. The highest BCUT2D eigenvalue weighted by atomic mass is 32.1. The Balaban J connectivity index is 2.60. The van der Waals surface area contributed by atoms with Crippen LogP contribution in [0.25, 0.3) is 11.1 Å². The fourth-order valence-electron chi connectivity index (χ4n) is 3.87. The van der Waals surface area contributed by atoms with E-state index in [9.17, 15) is 9.90 Å². The van der Waals surface area contributed by atoms with Crippen molar-refractivity contribution in [2.45, 2.75) is 80.1 Å². The van der Waals surface area contributed by atoms with Crippen molar-refractivity contribution >= 4 is 17.3 Å². The van der Waals surface area contributed by atoms with E-state index in [-0.39, 0.29) is 5.41 Å². The van der Waals surface area contributed by atoms with E-state index in [1.165, 1.54) is 34.4 Å². The summed E-state index contributed by atoms with van der Waals surface area (Å²) in [6.45, 7) is 14.9. The molecule has 0 aliphatic rings. The van der Waals surface area contributed by atoms with Gasteiger partial charge in [0.05, 0.1) is 5.92 Å². The topological polar surface area (TPSA) is 37.3 Å². The van der Waals surface area contributed by atoms with Crippen molar-refractivity contribution in [2.24, 2.45) is 5.41 Å². The van der Waals surface area contributed by atoms with Gasteiger partial charge in [-0.3, -0.25) is 4.79 Å². The maximum Gasteiger partial charge on any atom is 0.311 e. The van der Waals surface area contributed by atoms with Crippen molar-refractivity contribution in [3.05, 3.63) is 44.6 Å². The van der Waals surface area contributed by atoms with E-state index >= 15 is 0 Å². The molecule has 0 radical (unpaired) electrons. The molecule has 0 bridgehead atoms. The van der Waals surface area contributed by atoms with Crippen LogP contribution in [0, 0.1) is 26.2 Å². The molecule has 1 N–H and O–H groups in total. The van der Waals surface area contributed by atoms with Crippen molar-refractivity contribution in [3.8, 4) is 11.1 Å². The van der Waals surface area contributed by atoms with E-state index < -0.39 is 11.9 Å². The summed E-state index contributed by atoms with van der Waals surface area (Å²) in [6, 6.07) is 6.65. The van der Waals surface area contributed by atoms with E-state index in [1.54, 1.807) is 11.3 Å².